The number of rotatable bonds is 1. The largest absolute Gasteiger partial charge is 0.460 e. The number of hydrogen-bond acceptors (Lipinski definition) is 3. The number of ether oxygens (including phenoxy) is 1. The van der Waals surface area contributed by atoms with Crippen molar-refractivity contribution >= 4 is 5.97 Å². The van der Waals surface area contributed by atoms with Crippen LogP contribution in [0.1, 0.15) is 46.5 Å². The average molecular weight is 200 g/mol. The quantitative estimate of drug-likeness (QED) is 0.657. The van der Waals surface area contributed by atoms with Crippen molar-refractivity contribution in [2.45, 2.75) is 58.2 Å². The molecule has 0 heterocycles. The van der Waals surface area contributed by atoms with Gasteiger partial charge in [-0.1, -0.05) is 0 Å². The van der Waals surface area contributed by atoms with Crippen molar-refractivity contribution in [1.29, 1.82) is 0 Å². The molecule has 0 spiro atoms. The third-order valence-electron chi connectivity index (χ3n) is 2.44. The number of aliphatic hydroxyl groups excluding tert-OH is 1. The molecular weight excluding hydrogens is 180 g/mol. The molecular formula is C11H20O3. The summed E-state index contributed by atoms with van der Waals surface area (Å²) in [4.78, 5) is 11.6. The molecule has 0 saturated heterocycles. The molecule has 14 heavy (non-hydrogen) atoms. The van der Waals surface area contributed by atoms with Gasteiger partial charge in [-0.3, -0.25) is 4.79 Å². The molecule has 1 aliphatic carbocycles. The second kappa shape index (κ2) is 4.30. The summed E-state index contributed by atoms with van der Waals surface area (Å²) in [5, 5.41) is 9.29. The summed E-state index contributed by atoms with van der Waals surface area (Å²) in [6.07, 6.45) is 2.76. The Morgan fingerprint density at radius 1 is 1.21 bits per heavy atom. The molecule has 0 aliphatic heterocycles. The third-order valence-corrected chi connectivity index (χ3v) is 2.44. The lowest BCUT2D eigenvalue weighted by Crippen LogP contribution is -2.31. The number of esters is 1. The average Bonchev–Trinajstić information content (AvgIpc) is 2.02. The van der Waals surface area contributed by atoms with E-state index in [-0.39, 0.29) is 18.0 Å². The fourth-order valence-corrected chi connectivity index (χ4v) is 1.70. The summed E-state index contributed by atoms with van der Waals surface area (Å²) < 4.78 is 5.29. The monoisotopic (exact) mass is 200 g/mol. The van der Waals surface area contributed by atoms with Gasteiger partial charge in [0.05, 0.1) is 12.0 Å². The van der Waals surface area contributed by atoms with Gasteiger partial charge in [0.2, 0.25) is 0 Å². The summed E-state index contributed by atoms with van der Waals surface area (Å²) in [6, 6.07) is 0. The second-order valence-electron chi connectivity index (χ2n) is 5.04. The maximum absolute atomic E-state index is 11.6. The van der Waals surface area contributed by atoms with E-state index in [9.17, 15) is 9.90 Å². The molecule has 3 heteroatoms. The highest BCUT2D eigenvalue weighted by atomic mass is 16.6. The van der Waals surface area contributed by atoms with Gasteiger partial charge in [-0.25, -0.2) is 0 Å². The van der Waals surface area contributed by atoms with Gasteiger partial charge in [-0.15, -0.1) is 0 Å². The molecule has 0 amide bonds. The first-order valence-corrected chi connectivity index (χ1v) is 5.29. The van der Waals surface area contributed by atoms with Crippen LogP contribution >= 0.6 is 0 Å². The van der Waals surface area contributed by atoms with Crippen molar-refractivity contribution in [1.82, 2.24) is 0 Å². The predicted octanol–water partition coefficient (Wildman–Crippen LogP) is 1.88. The Hall–Kier alpha value is -0.570. The maximum Gasteiger partial charge on any atom is 0.309 e. The minimum Gasteiger partial charge on any atom is -0.460 e. The van der Waals surface area contributed by atoms with E-state index < -0.39 is 5.60 Å². The topological polar surface area (TPSA) is 46.5 Å². The van der Waals surface area contributed by atoms with E-state index in [1.54, 1.807) is 0 Å². The van der Waals surface area contributed by atoms with Crippen LogP contribution in [0, 0.1) is 5.92 Å². The molecule has 0 radical (unpaired) electrons. The van der Waals surface area contributed by atoms with E-state index >= 15 is 0 Å². The number of hydrogen-bond donors (Lipinski definition) is 1. The van der Waals surface area contributed by atoms with Crippen LogP contribution in [0.4, 0.5) is 0 Å². The minimum absolute atomic E-state index is 0.00220. The summed E-state index contributed by atoms with van der Waals surface area (Å²) >= 11 is 0. The van der Waals surface area contributed by atoms with E-state index in [2.05, 4.69) is 0 Å². The fourth-order valence-electron chi connectivity index (χ4n) is 1.70. The molecule has 1 aliphatic rings. The molecule has 3 nitrogen and oxygen atoms in total. The smallest absolute Gasteiger partial charge is 0.309 e. The lowest BCUT2D eigenvalue weighted by atomic mass is 9.87. The number of carbonyl (C=O) groups excluding carboxylic acids is 1. The van der Waals surface area contributed by atoms with Crippen LogP contribution in [0.25, 0.3) is 0 Å². The molecule has 1 fully saturated rings. The summed E-state index contributed by atoms with van der Waals surface area (Å²) in [7, 11) is 0. The van der Waals surface area contributed by atoms with E-state index in [1.807, 2.05) is 20.8 Å². The van der Waals surface area contributed by atoms with Crippen LogP contribution in [-0.2, 0) is 9.53 Å². The van der Waals surface area contributed by atoms with Crippen LogP contribution in [0.2, 0.25) is 0 Å². The normalized spacial score (nSPS) is 28.6. The SMILES string of the molecule is CC(C)(C)OC(=O)[C@H]1CC[C@@H](O)CC1. The molecule has 1 N–H and O–H groups in total. The standard InChI is InChI=1S/C11H20O3/c1-11(2,3)14-10(13)8-4-6-9(12)7-5-8/h8-9,12H,4-7H2,1-3H3/t8-,9+. The first-order chi connectivity index (χ1) is 6.38. The number of carbonyl (C=O) groups is 1. The Balaban J connectivity index is 2.38. The molecule has 0 aromatic rings. The van der Waals surface area contributed by atoms with Crippen molar-refractivity contribution in [2.24, 2.45) is 5.92 Å². The van der Waals surface area contributed by atoms with Gasteiger partial charge in [-0.05, 0) is 46.5 Å². The van der Waals surface area contributed by atoms with Gasteiger partial charge in [0.15, 0.2) is 0 Å². The van der Waals surface area contributed by atoms with Crippen LogP contribution in [0.3, 0.4) is 0 Å². The van der Waals surface area contributed by atoms with Gasteiger partial charge in [0.1, 0.15) is 5.60 Å². The van der Waals surface area contributed by atoms with Crippen LogP contribution in [0.5, 0.6) is 0 Å². The van der Waals surface area contributed by atoms with E-state index in [0.717, 1.165) is 25.7 Å². The highest BCUT2D eigenvalue weighted by Gasteiger charge is 2.28. The second-order valence-corrected chi connectivity index (χ2v) is 5.04. The Morgan fingerprint density at radius 3 is 2.14 bits per heavy atom. The van der Waals surface area contributed by atoms with Crippen molar-refractivity contribution in [3.8, 4) is 0 Å². The first kappa shape index (κ1) is 11.5. The molecule has 0 atom stereocenters. The number of aliphatic hydroxyl groups is 1. The Labute approximate surface area is 85.5 Å². The molecule has 0 unspecified atom stereocenters. The van der Waals surface area contributed by atoms with E-state index in [1.165, 1.54) is 0 Å². The van der Waals surface area contributed by atoms with Crippen molar-refractivity contribution < 1.29 is 14.6 Å². The van der Waals surface area contributed by atoms with Gasteiger partial charge >= 0.3 is 5.97 Å². The Bertz CT molecular complexity index is 197. The Morgan fingerprint density at radius 2 is 1.71 bits per heavy atom. The zero-order valence-electron chi connectivity index (χ0n) is 9.25. The molecule has 1 saturated carbocycles. The third kappa shape index (κ3) is 3.66. The highest BCUT2D eigenvalue weighted by Crippen LogP contribution is 2.26. The van der Waals surface area contributed by atoms with Crippen molar-refractivity contribution in [3.05, 3.63) is 0 Å². The fraction of sp³-hybridized carbons (Fsp3) is 0.909. The Kier molecular flexibility index (Phi) is 3.53. The summed E-state index contributed by atoms with van der Waals surface area (Å²) in [5.74, 6) is -0.109. The van der Waals surface area contributed by atoms with E-state index in [0.29, 0.717) is 0 Å². The maximum atomic E-state index is 11.6. The lowest BCUT2D eigenvalue weighted by molar-refractivity contribution is -0.161. The molecule has 82 valence electrons. The molecule has 0 aromatic heterocycles. The van der Waals surface area contributed by atoms with Gasteiger partial charge in [0, 0.05) is 0 Å². The molecule has 0 aromatic carbocycles. The predicted molar refractivity (Wildman–Crippen MR) is 53.8 cm³/mol. The minimum atomic E-state index is -0.396. The van der Waals surface area contributed by atoms with E-state index in [4.69, 9.17) is 4.74 Å². The summed E-state index contributed by atoms with van der Waals surface area (Å²) in [5.41, 5.74) is -0.396. The zero-order chi connectivity index (χ0) is 10.8. The molecule has 0 bridgehead atoms. The van der Waals surface area contributed by atoms with Gasteiger partial charge < -0.3 is 9.84 Å². The first-order valence-electron chi connectivity index (χ1n) is 5.29. The van der Waals surface area contributed by atoms with Gasteiger partial charge in [-0.2, -0.15) is 0 Å². The van der Waals surface area contributed by atoms with Crippen LogP contribution in [-0.4, -0.2) is 22.8 Å². The van der Waals surface area contributed by atoms with Crippen molar-refractivity contribution in [2.75, 3.05) is 0 Å². The van der Waals surface area contributed by atoms with Gasteiger partial charge in [0.25, 0.3) is 0 Å². The lowest BCUT2D eigenvalue weighted by Gasteiger charge is -2.27. The highest BCUT2D eigenvalue weighted by molar-refractivity contribution is 5.72. The van der Waals surface area contributed by atoms with Crippen LogP contribution in [0.15, 0.2) is 0 Å². The summed E-state index contributed by atoms with van der Waals surface area (Å²) in [6.45, 7) is 5.63. The van der Waals surface area contributed by atoms with Crippen LogP contribution < -0.4 is 0 Å². The zero-order valence-corrected chi connectivity index (χ0v) is 9.25. The molecule has 1 rings (SSSR count). The van der Waals surface area contributed by atoms with Crippen molar-refractivity contribution in [3.63, 3.8) is 0 Å².